The van der Waals surface area contributed by atoms with E-state index in [1.165, 1.54) is 0 Å². The highest BCUT2D eigenvalue weighted by molar-refractivity contribution is 9.10. The van der Waals surface area contributed by atoms with E-state index in [4.69, 9.17) is 11.6 Å². The predicted molar refractivity (Wildman–Crippen MR) is 77.0 cm³/mol. The molecular weight excluding hydrogens is 314 g/mol. The fourth-order valence-electron chi connectivity index (χ4n) is 1.92. The van der Waals surface area contributed by atoms with E-state index in [-0.39, 0.29) is 0 Å². The second-order valence-electron chi connectivity index (χ2n) is 4.18. The molecule has 0 unspecified atom stereocenters. The minimum absolute atomic E-state index is 0.464. The number of hydrogen-bond acceptors (Lipinski definition) is 3. The number of halogens is 2. The van der Waals surface area contributed by atoms with Crippen molar-refractivity contribution in [1.29, 1.82) is 0 Å². The molecule has 3 nitrogen and oxygen atoms in total. The van der Waals surface area contributed by atoms with E-state index in [2.05, 4.69) is 30.9 Å². The lowest BCUT2D eigenvalue weighted by Crippen LogP contribution is -1.95. The fourth-order valence-corrected chi connectivity index (χ4v) is 2.60. The minimum Gasteiger partial charge on any atom is -0.249 e. The first-order valence-corrected chi connectivity index (χ1v) is 6.62. The third-order valence-corrected chi connectivity index (χ3v) is 3.78. The van der Waals surface area contributed by atoms with Crippen LogP contribution in [0.1, 0.15) is 11.4 Å². The molecule has 0 aliphatic rings. The molecule has 18 heavy (non-hydrogen) atoms. The van der Waals surface area contributed by atoms with Gasteiger partial charge in [-0.15, -0.1) is 0 Å². The van der Waals surface area contributed by atoms with E-state index < -0.39 is 0 Å². The Morgan fingerprint density at radius 3 is 2.44 bits per heavy atom. The molecule has 2 aromatic heterocycles. The summed E-state index contributed by atoms with van der Waals surface area (Å²) in [4.78, 5) is 13.3. The van der Waals surface area contributed by atoms with Gasteiger partial charge in [0.25, 0.3) is 0 Å². The summed E-state index contributed by atoms with van der Waals surface area (Å²) in [5, 5.41) is 2.44. The van der Waals surface area contributed by atoms with E-state index in [9.17, 15) is 0 Å². The monoisotopic (exact) mass is 321 g/mol. The highest BCUT2D eigenvalue weighted by Gasteiger charge is 2.10. The second-order valence-corrected chi connectivity index (χ2v) is 5.42. The zero-order chi connectivity index (χ0) is 12.9. The van der Waals surface area contributed by atoms with Gasteiger partial charge in [-0.3, -0.25) is 0 Å². The Balaban J connectivity index is 2.58. The molecule has 0 bridgehead atoms. The third-order valence-electron chi connectivity index (χ3n) is 2.97. The zero-order valence-corrected chi connectivity index (χ0v) is 12.2. The van der Waals surface area contributed by atoms with Crippen molar-refractivity contribution in [3.8, 4) is 0 Å². The molecule has 5 heteroatoms. The van der Waals surface area contributed by atoms with Gasteiger partial charge >= 0.3 is 0 Å². The normalized spacial score (nSPS) is 11.3. The van der Waals surface area contributed by atoms with Crippen LogP contribution in [0.2, 0.25) is 5.15 Å². The van der Waals surface area contributed by atoms with E-state index in [0.717, 1.165) is 37.7 Å². The van der Waals surface area contributed by atoms with Crippen LogP contribution in [0.5, 0.6) is 0 Å². The summed E-state index contributed by atoms with van der Waals surface area (Å²) in [6.07, 6.45) is 1.75. The summed E-state index contributed by atoms with van der Waals surface area (Å²) in [6.45, 7) is 3.91. The van der Waals surface area contributed by atoms with Crippen LogP contribution in [0.25, 0.3) is 21.8 Å². The van der Waals surface area contributed by atoms with Crippen LogP contribution in [-0.4, -0.2) is 15.0 Å². The van der Waals surface area contributed by atoms with Crippen molar-refractivity contribution in [3.63, 3.8) is 0 Å². The maximum Gasteiger partial charge on any atom is 0.129 e. The molecule has 0 spiro atoms. The number of benzene rings is 1. The molecule has 1 aromatic carbocycles. The Kier molecular flexibility index (Phi) is 2.72. The van der Waals surface area contributed by atoms with Gasteiger partial charge in [-0.1, -0.05) is 11.6 Å². The van der Waals surface area contributed by atoms with Crippen LogP contribution in [0, 0.1) is 13.8 Å². The highest BCUT2D eigenvalue weighted by Crippen LogP contribution is 2.30. The number of nitrogens with zero attached hydrogens (tertiary/aromatic N) is 3. The lowest BCUT2D eigenvalue weighted by Gasteiger charge is -2.07. The first-order chi connectivity index (χ1) is 8.56. The molecule has 0 N–H and O–H groups in total. The van der Waals surface area contributed by atoms with Crippen LogP contribution >= 0.6 is 27.5 Å². The van der Waals surface area contributed by atoms with Gasteiger partial charge in [-0.05, 0) is 41.9 Å². The highest BCUT2D eigenvalue weighted by atomic mass is 79.9. The molecule has 0 aliphatic carbocycles. The molecule has 0 saturated heterocycles. The van der Waals surface area contributed by atoms with Gasteiger partial charge in [0.1, 0.15) is 10.7 Å². The Morgan fingerprint density at radius 2 is 1.72 bits per heavy atom. The fraction of sp³-hybridized carbons (Fsp3) is 0.154. The average molecular weight is 323 g/mol. The molecule has 90 valence electrons. The number of fused-ring (bicyclic) bond motifs is 3. The second kappa shape index (κ2) is 4.14. The minimum atomic E-state index is 0.464. The molecule has 0 atom stereocenters. The molecule has 0 aliphatic heterocycles. The molecule has 0 saturated carbocycles. The van der Waals surface area contributed by atoms with Crippen molar-refractivity contribution in [1.82, 2.24) is 15.0 Å². The molecular formula is C13H9BrClN3. The summed E-state index contributed by atoms with van der Waals surface area (Å²) in [5.41, 5.74) is 3.57. The molecule has 3 aromatic rings. The number of hydrogen-bond donors (Lipinski definition) is 0. The molecule has 0 radical (unpaired) electrons. The van der Waals surface area contributed by atoms with Crippen molar-refractivity contribution in [3.05, 3.63) is 39.3 Å². The largest absolute Gasteiger partial charge is 0.249 e. The van der Waals surface area contributed by atoms with E-state index in [1.54, 1.807) is 6.20 Å². The van der Waals surface area contributed by atoms with Crippen molar-refractivity contribution >= 4 is 49.3 Å². The van der Waals surface area contributed by atoms with Crippen molar-refractivity contribution < 1.29 is 0 Å². The Morgan fingerprint density at radius 1 is 1.06 bits per heavy atom. The van der Waals surface area contributed by atoms with Crippen LogP contribution in [0.15, 0.2) is 22.8 Å². The average Bonchev–Trinajstić information content (AvgIpc) is 2.33. The lowest BCUT2D eigenvalue weighted by atomic mass is 10.1. The van der Waals surface area contributed by atoms with Crippen molar-refractivity contribution in [2.24, 2.45) is 0 Å². The summed E-state index contributed by atoms with van der Waals surface area (Å²) >= 11 is 9.49. The Hall–Kier alpha value is -1.26. The molecule has 2 heterocycles. The Bertz CT molecular complexity index is 786. The summed E-state index contributed by atoms with van der Waals surface area (Å²) < 4.78 is 0.921. The van der Waals surface area contributed by atoms with Gasteiger partial charge in [-0.2, -0.15) is 0 Å². The van der Waals surface area contributed by atoms with Gasteiger partial charge in [0.2, 0.25) is 0 Å². The molecule has 0 fully saturated rings. The van der Waals surface area contributed by atoms with Crippen molar-refractivity contribution in [2.75, 3.05) is 0 Å². The van der Waals surface area contributed by atoms with Crippen LogP contribution in [-0.2, 0) is 0 Å². The SMILES string of the molecule is Cc1nc2c(Br)cc3cnc(Cl)cc3c2nc1C. The topological polar surface area (TPSA) is 38.7 Å². The maximum atomic E-state index is 5.96. The summed E-state index contributed by atoms with van der Waals surface area (Å²) in [7, 11) is 0. The summed E-state index contributed by atoms with van der Waals surface area (Å²) in [6, 6.07) is 3.82. The molecule has 3 rings (SSSR count). The number of pyridine rings is 1. The zero-order valence-electron chi connectivity index (χ0n) is 9.83. The maximum absolute atomic E-state index is 5.96. The van der Waals surface area contributed by atoms with Crippen molar-refractivity contribution in [2.45, 2.75) is 13.8 Å². The van der Waals surface area contributed by atoms with Gasteiger partial charge in [0.15, 0.2) is 0 Å². The van der Waals surface area contributed by atoms with Gasteiger partial charge in [-0.25, -0.2) is 15.0 Å². The van der Waals surface area contributed by atoms with Crippen LogP contribution in [0.4, 0.5) is 0 Å². The molecule has 0 amide bonds. The van der Waals surface area contributed by atoms with Gasteiger partial charge < -0.3 is 0 Å². The van der Waals surface area contributed by atoms with Crippen LogP contribution < -0.4 is 0 Å². The van der Waals surface area contributed by atoms with Crippen LogP contribution in [0.3, 0.4) is 0 Å². The predicted octanol–water partition coefficient (Wildman–Crippen LogP) is 4.21. The van der Waals surface area contributed by atoms with Gasteiger partial charge in [0.05, 0.1) is 16.9 Å². The lowest BCUT2D eigenvalue weighted by molar-refractivity contribution is 1.10. The van der Waals surface area contributed by atoms with E-state index in [0.29, 0.717) is 5.15 Å². The first kappa shape index (κ1) is 11.8. The standard InChI is InChI=1S/C13H9BrClN3/c1-6-7(2)18-13-10(14)3-8-5-16-11(15)4-9(8)12(13)17-6/h3-5H,1-2H3. The Labute approximate surface area is 117 Å². The summed E-state index contributed by atoms with van der Waals surface area (Å²) in [5.74, 6) is 0. The number of aryl methyl sites for hydroxylation is 2. The quantitative estimate of drug-likeness (QED) is 0.460. The smallest absolute Gasteiger partial charge is 0.129 e. The number of rotatable bonds is 0. The first-order valence-electron chi connectivity index (χ1n) is 5.45. The van der Waals surface area contributed by atoms with E-state index in [1.807, 2.05) is 26.0 Å². The van der Waals surface area contributed by atoms with Gasteiger partial charge in [0, 0.05) is 21.4 Å². The third kappa shape index (κ3) is 1.76. The van der Waals surface area contributed by atoms with E-state index >= 15 is 0 Å². The number of aromatic nitrogens is 3.